The highest BCUT2D eigenvalue weighted by molar-refractivity contribution is 8.02. The number of benzene rings is 2. The average Bonchev–Trinajstić information content (AvgIpc) is 2.90. The molecule has 2 aromatic carbocycles. The molecule has 2 nitrogen and oxygen atoms in total. The van der Waals surface area contributed by atoms with Gasteiger partial charge in [-0.2, -0.15) is 23.5 Å². The molecular weight excluding hydrogens is 477 g/mol. The largest absolute Gasteiger partial charge is 0.204 e. The molecule has 2 aromatic heterocycles. The summed E-state index contributed by atoms with van der Waals surface area (Å²) in [7, 11) is 0. The van der Waals surface area contributed by atoms with Crippen molar-refractivity contribution in [1.82, 2.24) is 0 Å². The standard InChI is InChI=1S/C32H38N2S2/c1-27-3-7-29(8-4-27)25-31-11-15-33(16-12-31)19-21-35-23-24-36-22-20-34-17-13-32(14-18-34)26-30-9-5-28(2)6-10-30/h3-18H,19-26H2,1-2H3/q+2. The van der Waals surface area contributed by atoms with Crippen LogP contribution in [0.3, 0.4) is 0 Å². The molecule has 0 radical (unpaired) electrons. The van der Waals surface area contributed by atoms with Gasteiger partial charge in [-0.05, 0) is 48.9 Å². The molecule has 0 unspecified atom stereocenters. The molecule has 0 bridgehead atoms. The van der Waals surface area contributed by atoms with Gasteiger partial charge in [0.1, 0.15) is 0 Å². The Labute approximate surface area is 225 Å². The molecule has 0 aliphatic heterocycles. The Kier molecular flexibility index (Phi) is 10.5. The number of nitrogens with zero attached hydrogens (tertiary/aromatic N) is 2. The highest BCUT2D eigenvalue weighted by atomic mass is 32.2. The summed E-state index contributed by atoms with van der Waals surface area (Å²) in [6.45, 7) is 6.42. The molecule has 0 aliphatic carbocycles. The molecule has 0 spiro atoms. The lowest BCUT2D eigenvalue weighted by Crippen LogP contribution is -2.34. The van der Waals surface area contributed by atoms with Gasteiger partial charge in [0.15, 0.2) is 37.9 Å². The van der Waals surface area contributed by atoms with Gasteiger partial charge in [0.05, 0.1) is 11.5 Å². The first-order valence-corrected chi connectivity index (χ1v) is 15.2. The van der Waals surface area contributed by atoms with E-state index in [4.69, 9.17) is 0 Å². The molecule has 0 atom stereocenters. The molecule has 0 fully saturated rings. The van der Waals surface area contributed by atoms with E-state index in [0.29, 0.717) is 0 Å². The van der Waals surface area contributed by atoms with E-state index in [0.717, 1.165) is 25.9 Å². The predicted octanol–water partition coefficient (Wildman–Crippen LogP) is 6.23. The van der Waals surface area contributed by atoms with E-state index < -0.39 is 0 Å². The van der Waals surface area contributed by atoms with Crippen molar-refractivity contribution < 1.29 is 9.13 Å². The lowest BCUT2D eigenvalue weighted by Gasteiger charge is -2.04. The van der Waals surface area contributed by atoms with E-state index in [-0.39, 0.29) is 0 Å². The monoisotopic (exact) mass is 514 g/mol. The second-order valence-electron chi connectivity index (χ2n) is 9.44. The zero-order chi connectivity index (χ0) is 25.0. The van der Waals surface area contributed by atoms with Crippen LogP contribution in [0.4, 0.5) is 0 Å². The Morgan fingerprint density at radius 2 is 0.778 bits per heavy atom. The van der Waals surface area contributed by atoms with E-state index in [1.54, 1.807) is 0 Å². The van der Waals surface area contributed by atoms with Crippen LogP contribution in [0.5, 0.6) is 0 Å². The van der Waals surface area contributed by atoms with Crippen LogP contribution in [0.1, 0.15) is 33.4 Å². The van der Waals surface area contributed by atoms with Crippen molar-refractivity contribution in [3.05, 3.63) is 131 Å². The molecule has 0 N–H and O–H groups in total. The van der Waals surface area contributed by atoms with Gasteiger partial charge in [-0.25, -0.2) is 9.13 Å². The summed E-state index contributed by atoms with van der Waals surface area (Å²) in [4.78, 5) is 0. The molecule has 0 saturated carbocycles. The minimum atomic E-state index is 1.00. The van der Waals surface area contributed by atoms with Crippen molar-refractivity contribution in [3.63, 3.8) is 0 Å². The molecule has 4 rings (SSSR count). The fourth-order valence-corrected chi connectivity index (χ4v) is 6.09. The summed E-state index contributed by atoms with van der Waals surface area (Å²) < 4.78 is 4.61. The maximum Gasteiger partial charge on any atom is 0.169 e. The molecule has 36 heavy (non-hydrogen) atoms. The van der Waals surface area contributed by atoms with Gasteiger partial charge in [0.25, 0.3) is 0 Å². The molecule has 0 aliphatic rings. The van der Waals surface area contributed by atoms with E-state index in [2.05, 4.69) is 144 Å². The number of hydrogen-bond acceptors (Lipinski definition) is 2. The van der Waals surface area contributed by atoms with Crippen molar-refractivity contribution in [3.8, 4) is 0 Å². The first kappa shape index (κ1) is 26.5. The number of rotatable bonds is 13. The van der Waals surface area contributed by atoms with Gasteiger partial charge in [-0.15, -0.1) is 0 Å². The lowest BCUT2D eigenvalue weighted by atomic mass is 10.0. The molecule has 186 valence electrons. The second kappa shape index (κ2) is 14.2. The van der Waals surface area contributed by atoms with Crippen molar-refractivity contribution in [2.75, 3.05) is 23.0 Å². The van der Waals surface area contributed by atoms with E-state index in [1.807, 2.05) is 0 Å². The number of hydrogen-bond donors (Lipinski definition) is 0. The topological polar surface area (TPSA) is 7.76 Å². The molecule has 0 amide bonds. The third-order valence-electron chi connectivity index (χ3n) is 6.34. The molecule has 4 heteroatoms. The zero-order valence-corrected chi connectivity index (χ0v) is 23.2. The van der Waals surface area contributed by atoms with Crippen LogP contribution in [0.2, 0.25) is 0 Å². The highest BCUT2D eigenvalue weighted by Gasteiger charge is 2.05. The third-order valence-corrected chi connectivity index (χ3v) is 8.52. The van der Waals surface area contributed by atoms with Gasteiger partial charge in [-0.1, -0.05) is 59.7 Å². The third kappa shape index (κ3) is 9.15. The fourth-order valence-electron chi connectivity index (χ4n) is 4.06. The Hall–Kier alpha value is -2.56. The van der Waals surface area contributed by atoms with Crippen LogP contribution in [0.15, 0.2) is 97.6 Å². The average molecular weight is 515 g/mol. The molecule has 4 aromatic rings. The van der Waals surface area contributed by atoms with Crippen LogP contribution in [-0.2, 0) is 25.9 Å². The fraction of sp³-hybridized carbons (Fsp3) is 0.312. The van der Waals surface area contributed by atoms with E-state index >= 15 is 0 Å². The predicted molar refractivity (Wildman–Crippen MR) is 156 cm³/mol. The summed E-state index contributed by atoms with van der Waals surface area (Å²) in [6, 6.07) is 26.7. The summed E-state index contributed by atoms with van der Waals surface area (Å²) >= 11 is 4.12. The number of pyridine rings is 2. The molecular formula is C32H38N2S2+2. The normalized spacial score (nSPS) is 11.1. The first-order valence-electron chi connectivity index (χ1n) is 12.9. The summed E-state index contributed by atoms with van der Waals surface area (Å²) in [5.74, 6) is 4.77. The van der Waals surface area contributed by atoms with Crippen LogP contribution < -0.4 is 9.13 Å². The van der Waals surface area contributed by atoms with Gasteiger partial charge in [0.2, 0.25) is 0 Å². The maximum atomic E-state index is 2.30. The van der Waals surface area contributed by atoms with Gasteiger partial charge < -0.3 is 0 Å². The van der Waals surface area contributed by atoms with Crippen molar-refractivity contribution in [2.45, 2.75) is 39.8 Å². The van der Waals surface area contributed by atoms with Gasteiger partial charge in [-0.3, -0.25) is 0 Å². The van der Waals surface area contributed by atoms with Crippen LogP contribution in [0, 0.1) is 13.8 Å². The van der Waals surface area contributed by atoms with Crippen LogP contribution in [-0.4, -0.2) is 23.0 Å². The Bertz CT molecular complexity index is 1070. The number of aromatic nitrogens is 2. The van der Waals surface area contributed by atoms with Crippen LogP contribution in [0.25, 0.3) is 0 Å². The van der Waals surface area contributed by atoms with E-state index in [9.17, 15) is 0 Å². The van der Waals surface area contributed by atoms with Crippen molar-refractivity contribution in [2.24, 2.45) is 0 Å². The minimum Gasteiger partial charge on any atom is -0.204 e. The maximum absolute atomic E-state index is 2.30. The molecule has 2 heterocycles. The Morgan fingerprint density at radius 1 is 0.444 bits per heavy atom. The first-order chi connectivity index (χ1) is 17.6. The lowest BCUT2D eigenvalue weighted by molar-refractivity contribution is -0.692. The second-order valence-corrected chi connectivity index (χ2v) is 11.9. The summed E-state index contributed by atoms with van der Waals surface area (Å²) in [5, 5.41) is 0. The highest BCUT2D eigenvalue weighted by Crippen LogP contribution is 2.11. The number of aryl methyl sites for hydroxylation is 4. The van der Waals surface area contributed by atoms with Crippen LogP contribution >= 0.6 is 23.5 Å². The van der Waals surface area contributed by atoms with Crippen molar-refractivity contribution >= 4 is 23.5 Å². The van der Waals surface area contributed by atoms with E-state index in [1.165, 1.54) is 56.4 Å². The van der Waals surface area contributed by atoms with Gasteiger partial charge in [0, 0.05) is 35.8 Å². The minimum absolute atomic E-state index is 1.00. The van der Waals surface area contributed by atoms with Gasteiger partial charge >= 0.3 is 0 Å². The zero-order valence-electron chi connectivity index (χ0n) is 21.6. The van der Waals surface area contributed by atoms with Crippen molar-refractivity contribution in [1.29, 1.82) is 0 Å². The number of thioether (sulfide) groups is 2. The molecule has 0 saturated heterocycles. The summed E-state index contributed by atoms with van der Waals surface area (Å²) in [5.41, 5.74) is 8.13. The Balaban J connectivity index is 1.05. The Morgan fingerprint density at radius 3 is 1.14 bits per heavy atom. The summed E-state index contributed by atoms with van der Waals surface area (Å²) in [6.07, 6.45) is 10.9. The quantitative estimate of drug-likeness (QED) is 0.154. The SMILES string of the molecule is Cc1ccc(Cc2cc[n+](CCSCCSCC[n+]3ccc(Cc4ccc(C)cc4)cc3)cc2)cc1. The smallest absolute Gasteiger partial charge is 0.169 e.